The van der Waals surface area contributed by atoms with Crippen LogP contribution in [-0.4, -0.2) is 15.1 Å². The van der Waals surface area contributed by atoms with Crippen LogP contribution in [0.25, 0.3) is 22.8 Å². The summed E-state index contributed by atoms with van der Waals surface area (Å²) < 4.78 is 5.21. The first kappa shape index (κ1) is 12.9. The lowest BCUT2D eigenvalue weighted by Gasteiger charge is -1.98. The molecule has 7 heteroatoms. The third kappa shape index (κ3) is 2.33. The van der Waals surface area contributed by atoms with Crippen LogP contribution in [0.2, 0.25) is 10.0 Å². The van der Waals surface area contributed by atoms with Crippen LogP contribution in [0.5, 0.6) is 0 Å². The minimum atomic E-state index is 0.325. The average molecular weight is 307 g/mol. The van der Waals surface area contributed by atoms with Crippen molar-refractivity contribution < 1.29 is 4.52 Å². The zero-order chi connectivity index (χ0) is 14.1. The van der Waals surface area contributed by atoms with E-state index >= 15 is 0 Å². The summed E-state index contributed by atoms with van der Waals surface area (Å²) in [7, 11) is 0. The Kier molecular flexibility index (Phi) is 3.30. The number of pyridine rings is 1. The van der Waals surface area contributed by atoms with E-state index in [4.69, 9.17) is 33.5 Å². The van der Waals surface area contributed by atoms with Crippen LogP contribution in [0.1, 0.15) is 0 Å². The maximum absolute atomic E-state index is 5.97. The van der Waals surface area contributed by atoms with Crippen LogP contribution < -0.4 is 5.73 Å². The van der Waals surface area contributed by atoms with Crippen molar-refractivity contribution in [1.82, 2.24) is 15.1 Å². The second-order valence-corrected chi connectivity index (χ2v) is 4.83. The SMILES string of the molecule is Nc1cnccc1-c1nc(-c2ccc(Cl)c(Cl)c2)no1. The summed E-state index contributed by atoms with van der Waals surface area (Å²) in [4.78, 5) is 8.20. The highest BCUT2D eigenvalue weighted by Crippen LogP contribution is 2.29. The monoisotopic (exact) mass is 306 g/mol. The molecular weight excluding hydrogens is 299 g/mol. The molecule has 2 heterocycles. The van der Waals surface area contributed by atoms with Gasteiger partial charge in [-0.05, 0) is 24.3 Å². The molecule has 1 aromatic carbocycles. The molecule has 0 spiro atoms. The fourth-order valence-electron chi connectivity index (χ4n) is 1.69. The minimum absolute atomic E-state index is 0.325. The summed E-state index contributed by atoms with van der Waals surface area (Å²) in [6, 6.07) is 6.82. The number of nitrogen functional groups attached to an aromatic ring is 1. The number of halogens is 2. The van der Waals surface area contributed by atoms with Crippen molar-refractivity contribution in [3.05, 3.63) is 46.7 Å². The zero-order valence-corrected chi connectivity index (χ0v) is 11.6. The number of nitrogens with zero attached hydrogens (tertiary/aromatic N) is 3. The maximum atomic E-state index is 5.97. The van der Waals surface area contributed by atoms with E-state index in [1.165, 1.54) is 6.20 Å². The van der Waals surface area contributed by atoms with Crippen molar-refractivity contribution >= 4 is 28.9 Å². The fourth-order valence-corrected chi connectivity index (χ4v) is 1.98. The molecule has 0 fully saturated rings. The van der Waals surface area contributed by atoms with Gasteiger partial charge in [0.25, 0.3) is 5.89 Å². The molecule has 0 amide bonds. The van der Waals surface area contributed by atoms with Gasteiger partial charge in [-0.2, -0.15) is 4.98 Å². The van der Waals surface area contributed by atoms with Gasteiger partial charge in [0, 0.05) is 11.8 Å². The molecular formula is C13H8Cl2N4O. The first-order valence-corrected chi connectivity index (χ1v) is 6.40. The van der Waals surface area contributed by atoms with Crippen LogP contribution in [-0.2, 0) is 0 Å². The highest BCUT2D eigenvalue weighted by molar-refractivity contribution is 6.42. The van der Waals surface area contributed by atoms with E-state index in [0.29, 0.717) is 38.6 Å². The smallest absolute Gasteiger partial charge is 0.260 e. The predicted octanol–water partition coefficient (Wildman–Crippen LogP) is 3.69. The molecule has 2 aromatic heterocycles. The lowest BCUT2D eigenvalue weighted by atomic mass is 10.2. The lowest BCUT2D eigenvalue weighted by Crippen LogP contribution is -1.90. The van der Waals surface area contributed by atoms with Gasteiger partial charge in [0.15, 0.2) is 0 Å². The van der Waals surface area contributed by atoms with Gasteiger partial charge in [0.1, 0.15) is 0 Å². The molecule has 3 rings (SSSR count). The van der Waals surface area contributed by atoms with Crippen molar-refractivity contribution in [2.24, 2.45) is 0 Å². The van der Waals surface area contributed by atoms with Crippen LogP contribution in [0.3, 0.4) is 0 Å². The zero-order valence-electron chi connectivity index (χ0n) is 10.0. The number of nitrogens with two attached hydrogens (primary N) is 1. The lowest BCUT2D eigenvalue weighted by molar-refractivity contribution is 0.432. The van der Waals surface area contributed by atoms with Gasteiger partial charge in [0.2, 0.25) is 5.82 Å². The van der Waals surface area contributed by atoms with Crippen LogP contribution in [0, 0.1) is 0 Å². The molecule has 0 aliphatic carbocycles. The number of aromatic nitrogens is 3. The molecule has 2 N–H and O–H groups in total. The summed E-state index contributed by atoms with van der Waals surface area (Å²) in [5, 5.41) is 4.81. The molecule has 0 aliphatic heterocycles. The van der Waals surface area contributed by atoms with Gasteiger partial charge >= 0.3 is 0 Å². The first-order chi connectivity index (χ1) is 9.65. The number of hydrogen-bond acceptors (Lipinski definition) is 5. The van der Waals surface area contributed by atoms with Gasteiger partial charge in [-0.1, -0.05) is 28.4 Å². The molecule has 3 aromatic rings. The third-order valence-electron chi connectivity index (χ3n) is 2.69. The van der Waals surface area contributed by atoms with Gasteiger partial charge in [-0.3, -0.25) is 4.98 Å². The quantitative estimate of drug-likeness (QED) is 0.781. The van der Waals surface area contributed by atoms with Crippen molar-refractivity contribution in [1.29, 1.82) is 0 Å². The van der Waals surface area contributed by atoms with E-state index in [0.717, 1.165) is 0 Å². The molecule has 0 saturated heterocycles. The van der Waals surface area contributed by atoms with Crippen molar-refractivity contribution in [2.45, 2.75) is 0 Å². The molecule has 0 atom stereocenters. The van der Waals surface area contributed by atoms with Crippen molar-refractivity contribution in [3.8, 4) is 22.8 Å². The normalized spacial score (nSPS) is 10.7. The van der Waals surface area contributed by atoms with Crippen LogP contribution >= 0.6 is 23.2 Å². The molecule has 0 unspecified atom stereocenters. The Morgan fingerprint density at radius 3 is 2.70 bits per heavy atom. The van der Waals surface area contributed by atoms with Crippen molar-refractivity contribution in [2.75, 3.05) is 5.73 Å². The van der Waals surface area contributed by atoms with E-state index in [2.05, 4.69) is 15.1 Å². The molecule has 0 aliphatic rings. The molecule has 0 saturated carbocycles. The van der Waals surface area contributed by atoms with E-state index in [1.807, 2.05) is 0 Å². The van der Waals surface area contributed by atoms with Gasteiger partial charge in [-0.15, -0.1) is 0 Å². The Morgan fingerprint density at radius 2 is 1.95 bits per heavy atom. The summed E-state index contributed by atoms with van der Waals surface area (Å²) in [6.45, 7) is 0. The van der Waals surface area contributed by atoms with E-state index in [9.17, 15) is 0 Å². The largest absolute Gasteiger partial charge is 0.397 e. The second-order valence-electron chi connectivity index (χ2n) is 4.01. The fraction of sp³-hybridized carbons (Fsp3) is 0. The average Bonchev–Trinajstić information content (AvgIpc) is 2.92. The Hall–Kier alpha value is -2.11. The van der Waals surface area contributed by atoms with Gasteiger partial charge in [0.05, 0.1) is 27.5 Å². The van der Waals surface area contributed by atoms with Crippen LogP contribution in [0.4, 0.5) is 5.69 Å². The number of anilines is 1. The number of benzene rings is 1. The predicted molar refractivity (Wildman–Crippen MR) is 77.4 cm³/mol. The molecule has 20 heavy (non-hydrogen) atoms. The van der Waals surface area contributed by atoms with E-state index in [-0.39, 0.29) is 0 Å². The standard InChI is InChI=1S/C13H8Cl2N4O/c14-9-2-1-7(5-10(9)15)12-18-13(20-19-12)8-3-4-17-6-11(8)16/h1-6H,16H2. The molecule has 100 valence electrons. The van der Waals surface area contributed by atoms with Crippen molar-refractivity contribution in [3.63, 3.8) is 0 Å². The second kappa shape index (κ2) is 5.11. The molecule has 0 bridgehead atoms. The highest BCUT2D eigenvalue weighted by atomic mass is 35.5. The Labute approximate surface area is 124 Å². The summed E-state index contributed by atoms with van der Waals surface area (Å²) in [5.74, 6) is 0.737. The summed E-state index contributed by atoms with van der Waals surface area (Å²) >= 11 is 11.8. The summed E-state index contributed by atoms with van der Waals surface area (Å²) in [6.07, 6.45) is 3.13. The Bertz CT molecular complexity index is 773. The topological polar surface area (TPSA) is 77.8 Å². The van der Waals surface area contributed by atoms with Crippen LogP contribution in [0.15, 0.2) is 41.2 Å². The van der Waals surface area contributed by atoms with E-state index < -0.39 is 0 Å². The molecule has 0 radical (unpaired) electrons. The third-order valence-corrected chi connectivity index (χ3v) is 3.43. The maximum Gasteiger partial charge on any atom is 0.260 e. The van der Waals surface area contributed by atoms with E-state index in [1.54, 1.807) is 30.5 Å². The molecule has 5 nitrogen and oxygen atoms in total. The first-order valence-electron chi connectivity index (χ1n) is 5.64. The minimum Gasteiger partial charge on any atom is -0.397 e. The van der Waals surface area contributed by atoms with Gasteiger partial charge in [-0.25, -0.2) is 0 Å². The highest BCUT2D eigenvalue weighted by Gasteiger charge is 2.13. The summed E-state index contributed by atoms with van der Waals surface area (Å²) in [5.41, 5.74) is 7.63. The Balaban J connectivity index is 2.02. The number of hydrogen-bond donors (Lipinski definition) is 1. The van der Waals surface area contributed by atoms with Gasteiger partial charge < -0.3 is 10.3 Å². The Morgan fingerprint density at radius 1 is 1.10 bits per heavy atom. The number of rotatable bonds is 2.